The van der Waals surface area contributed by atoms with E-state index in [0.717, 1.165) is 24.4 Å². The van der Waals surface area contributed by atoms with Gasteiger partial charge in [-0.2, -0.15) is 4.98 Å². The van der Waals surface area contributed by atoms with Crippen molar-refractivity contribution in [1.29, 1.82) is 0 Å². The summed E-state index contributed by atoms with van der Waals surface area (Å²) in [6.07, 6.45) is 3.94. The molecule has 2 aliphatic rings. The Morgan fingerprint density at radius 1 is 1.08 bits per heavy atom. The number of hydrogen-bond acceptors (Lipinski definition) is 6. The van der Waals surface area contributed by atoms with Gasteiger partial charge in [0.2, 0.25) is 5.88 Å². The van der Waals surface area contributed by atoms with Crippen LogP contribution in [0, 0.1) is 0 Å². The lowest BCUT2D eigenvalue weighted by atomic mass is 9.94. The van der Waals surface area contributed by atoms with Crippen LogP contribution >= 0.6 is 0 Å². The fraction of sp³-hybridized carbons (Fsp3) is 0.389. The summed E-state index contributed by atoms with van der Waals surface area (Å²) in [5.41, 5.74) is 8.98. The third-order valence-corrected chi connectivity index (χ3v) is 4.57. The predicted molar refractivity (Wildman–Crippen MR) is 95.2 cm³/mol. The number of anilines is 2. The number of rotatable bonds is 2. The summed E-state index contributed by atoms with van der Waals surface area (Å²) < 4.78 is 6.02. The Kier molecular flexibility index (Phi) is 3.40. The molecule has 0 atom stereocenters. The van der Waals surface area contributed by atoms with Crippen LogP contribution in [0.15, 0.2) is 35.6 Å². The maximum Gasteiger partial charge on any atom is 0.246 e. The van der Waals surface area contributed by atoms with Crippen molar-refractivity contribution in [2.24, 2.45) is 4.99 Å². The standard InChI is InChI=1S/C18H21N5O/c1-18(2)15(22-14-16(19)20-11-21-17(14)24-18)12-5-7-13(8-6-12)23-9-3-4-10-23/h5-8,11H,3-4,9-10H2,1-2H3,(H2,19,20,21). The molecule has 0 unspecified atom stereocenters. The summed E-state index contributed by atoms with van der Waals surface area (Å²) in [6, 6.07) is 8.50. The van der Waals surface area contributed by atoms with Crippen molar-refractivity contribution in [3.05, 3.63) is 36.2 Å². The molecular weight excluding hydrogens is 302 g/mol. The first-order valence-corrected chi connectivity index (χ1v) is 8.29. The smallest absolute Gasteiger partial charge is 0.246 e. The monoisotopic (exact) mass is 323 g/mol. The molecule has 0 aliphatic carbocycles. The van der Waals surface area contributed by atoms with E-state index in [9.17, 15) is 0 Å². The van der Waals surface area contributed by atoms with Gasteiger partial charge in [0.15, 0.2) is 11.5 Å². The number of nitrogen functional groups attached to an aromatic ring is 1. The Hall–Kier alpha value is -2.63. The van der Waals surface area contributed by atoms with Crippen LogP contribution in [0.3, 0.4) is 0 Å². The van der Waals surface area contributed by atoms with Gasteiger partial charge in [0.25, 0.3) is 0 Å². The van der Waals surface area contributed by atoms with Gasteiger partial charge in [0, 0.05) is 24.3 Å². The zero-order chi connectivity index (χ0) is 16.7. The summed E-state index contributed by atoms with van der Waals surface area (Å²) in [6.45, 7) is 6.25. The summed E-state index contributed by atoms with van der Waals surface area (Å²) in [7, 11) is 0. The third-order valence-electron chi connectivity index (χ3n) is 4.57. The fourth-order valence-electron chi connectivity index (χ4n) is 3.31. The minimum Gasteiger partial charge on any atom is -0.463 e. The molecule has 6 heteroatoms. The highest BCUT2D eigenvalue weighted by molar-refractivity contribution is 6.09. The Bertz CT molecular complexity index is 792. The molecule has 0 amide bonds. The van der Waals surface area contributed by atoms with E-state index in [1.165, 1.54) is 24.9 Å². The van der Waals surface area contributed by atoms with Gasteiger partial charge in [-0.3, -0.25) is 0 Å². The van der Waals surface area contributed by atoms with E-state index in [2.05, 4.69) is 39.1 Å². The van der Waals surface area contributed by atoms with Crippen LogP contribution in [-0.2, 0) is 0 Å². The second-order valence-electron chi connectivity index (χ2n) is 6.73. The molecule has 0 radical (unpaired) electrons. The van der Waals surface area contributed by atoms with E-state index in [4.69, 9.17) is 15.5 Å². The SMILES string of the molecule is CC1(C)Oc2ncnc(N)c2N=C1c1ccc(N2CCCC2)cc1. The quantitative estimate of drug-likeness (QED) is 0.919. The predicted octanol–water partition coefficient (Wildman–Crippen LogP) is 2.95. The first kappa shape index (κ1) is 14.9. The molecule has 1 aromatic heterocycles. The van der Waals surface area contributed by atoms with E-state index in [-0.39, 0.29) is 0 Å². The summed E-state index contributed by atoms with van der Waals surface area (Å²) in [5, 5.41) is 0. The number of nitrogens with zero attached hydrogens (tertiary/aromatic N) is 4. The molecule has 0 saturated carbocycles. The molecule has 0 bridgehead atoms. The highest BCUT2D eigenvalue weighted by Crippen LogP contribution is 2.39. The van der Waals surface area contributed by atoms with Crippen LogP contribution in [0.4, 0.5) is 17.2 Å². The largest absolute Gasteiger partial charge is 0.463 e. The molecule has 2 N–H and O–H groups in total. The van der Waals surface area contributed by atoms with E-state index >= 15 is 0 Å². The van der Waals surface area contributed by atoms with E-state index < -0.39 is 5.60 Å². The Morgan fingerprint density at radius 3 is 2.50 bits per heavy atom. The first-order valence-electron chi connectivity index (χ1n) is 8.29. The van der Waals surface area contributed by atoms with Gasteiger partial charge in [-0.05, 0) is 38.8 Å². The second-order valence-corrected chi connectivity index (χ2v) is 6.73. The molecule has 3 heterocycles. The number of aromatic nitrogens is 2. The van der Waals surface area contributed by atoms with Crippen molar-refractivity contribution in [3.8, 4) is 5.88 Å². The number of nitrogens with two attached hydrogens (primary N) is 1. The lowest BCUT2D eigenvalue weighted by molar-refractivity contribution is 0.171. The lowest BCUT2D eigenvalue weighted by Crippen LogP contribution is -2.41. The fourth-order valence-corrected chi connectivity index (χ4v) is 3.31. The van der Waals surface area contributed by atoms with Gasteiger partial charge >= 0.3 is 0 Å². The topological polar surface area (TPSA) is 76.6 Å². The molecule has 0 spiro atoms. The summed E-state index contributed by atoms with van der Waals surface area (Å²) in [4.78, 5) is 15.3. The van der Waals surface area contributed by atoms with Gasteiger partial charge < -0.3 is 15.4 Å². The van der Waals surface area contributed by atoms with Crippen molar-refractivity contribution in [1.82, 2.24) is 9.97 Å². The van der Waals surface area contributed by atoms with Gasteiger partial charge in [-0.1, -0.05) is 12.1 Å². The number of ether oxygens (including phenoxy) is 1. The molecule has 24 heavy (non-hydrogen) atoms. The number of benzene rings is 1. The first-order chi connectivity index (χ1) is 11.5. The zero-order valence-corrected chi connectivity index (χ0v) is 14.0. The minimum atomic E-state index is -0.580. The zero-order valence-electron chi connectivity index (χ0n) is 14.0. The highest BCUT2D eigenvalue weighted by atomic mass is 16.5. The Labute approximate surface area is 141 Å². The van der Waals surface area contributed by atoms with Gasteiger partial charge in [-0.25, -0.2) is 9.98 Å². The van der Waals surface area contributed by atoms with Crippen molar-refractivity contribution in [2.45, 2.75) is 32.3 Å². The summed E-state index contributed by atoms with van der Waals surface area (Å²) >= 11 is 0. The van der Waals surface area contributed by atoms with Gasteiger partial charge in [-0.15, -0.1) is 0 Å². The molecule has 1 aromatic carbocycles. The number of hydrogen-bond donors (Lipinski definition) is 1. The summed E-state index contributed by atoms with van der Waals surface area (Å²) in [5.74, 6) is 0.770. The van der Waals surface area contributed by atoms with Crippen molar-refractivity contribution in [3.63, 3.8) is 0 Å². The average Bonchev–Trinajstić information content (AvgIpc) is 3.08. The minimum absolute atomic E-state index is 0.335. The highest BCUT2D eigenvalue weighted by Gasteiger charge is 2.35. The molecule has 6 nitrogen and oxygen atoms in total. The maximum atomic E-state index is 6.02. The van der Waals surface area contributed by atoms with Gasteiger partial charge in [0.05, 0.1) is 5.71 Å². The number of fused-ring (bicyclic) bond motifs is 1. The normalized spacial score (nSPS) is 18.8. The van der Waals surface area contributed by atoms with Crippen LogP contribution in [-0.4, -0.2) is 34.4 Å². The van der Waals surface area contributed by atoms with Crippen molar-refractivity contribution >= 4 is 22.9 Å². The molecule has 2 aromatic rings. The molecular formula is C18H21N5O. The third kappa shape index (κ3) is 2.48. The van der Waals surface area contributed by atoms with Crippen molar-refractivity contribution in [2.75, 3.05) is 23.7 Å². The van der Waals surface area contributed by atoms with Crippen LogP contribution in [0.2, 0.25) is 0 Å². The molecule has 2 aliphatic heterocycles. The number of aliphatic imine (C=N–C) groups is 1. The van der Waals surface area contributed by atoms with E-state index in [1.807, 2.05) is 13.8 Å². The molecule has 1 saturated heterocycles. The Balaban J connectivity index is 1.73. The second kappa shape index (κ2) is 5.47. The van der Waals surface area contributed by atoms with Crippen LogP contribution in [0.1, 0.15) is 32.3 Å². The molecule has 4 rings (SSSR count). The van der Waals surface area contributed by atoms with Crippen LogP contribution in [0.5, 0.6) is 5.88 Å². The Morgan fingerprint density at radius 2 is 1.79 bits per heavy atom. The van der Waals surface area contributed by atoms with Crippen LogP contribution in [0.25, 0.3) is 0 Å². The maximum absolute atomic E-state index is 6.02. The van der Waals surface area contributed by atoms with E-state index in [0.29, 0.717) is 17.4 Å². The van der Waals surface area contributed by atoms with E-state index in [1.54, 1.807) is 0 Å². The average molecular weight is 323 g/mol. The van der Waals surface area contributed by atoms with Crippen molar-refractivity contribution < 1.29 is 4.74 Å². The molecule has 1 fully saturated rings. The lowest BCUT2D eigenvalue weighted by Gasteiger charge is -2.32. The van der Waals surface area contributed by atoms with Crippen LogP contribution < -0.4 is 15.4 Å². The molecule has 124 valence electrons. The van der Waals surface area contributed by atoms with Gasteiger partial charge in [0.1, 0.15) is 11.9 Å².